The van der Waals surface area contributed by atoms with Crippen LogP contribution in [0, 0.1) is 0 Å². The van der Waals surface area contributed by atoms with E-state index in [1.54, 1.807) is 0 Å². The largest absolute Gasteiger partial charge is 0.310 e. The Bertz CT molecular complexity index is 452. The summed E-state index contributed by atoms with van der Waals surface area (Å²) in [5.74, 6) is 1.69. The lowest BCUT2D eigenvalue weighted by molar-refractivity contribution is 0.469. The lowest BCUT2D eigenvalue weighted by Gasteiger charge is -2.23. The number of aryl methyl sites for hydroxylation is 1. The van der Waals surface area contributed by atoms with Gasteiger partial charge in [0.05, 0.1) is 5.69 Å². The van der Waals surface area contributed by atoms with E-state index in [4.69, 9.17) is 0 Å². The molecular formula is C14H25N3OS. The van der Waals surface area contributed by atoms with Crippen LogP contribution in [0.3, 0.4) is 0 Å². The lowest BCUT2D eigenvalue weighted by Crippen LogP contribution is -2.35. The highest BCUT2D eigenvalue weighted by Gasteiger charge is 2.23. The molecule has 1 saturated heterocycles. The summed E-state index contributed by atoms with van der Waals surface area (Å²) in [5.41, 5.74) is 2.52. The summed E-state index contributed by atoms with van der Waals surface area (Å²) in [6, 6.07) is 0.505. The van der Waals surface area contributed by atoms with E-state index in [0.29, 0.717) is 6.04 Å². The van der Waals surface area contributed by atoms with Crippen molar-refractivity contribution in [2.75, 3.05) is 11.5 Å². The van der Waals surface area contributed by atoms with Gasteiger partial charge in [0.2, 0.25) is 0 Å². The minimum absolute atomic E-state index is 0.0757. The number of hydrogen-bond acceptors (Lipinski definition) is 3. The second-order valence-electron chi connectivity index (χ2n) is 6.43. The molecule has 5 heteroatoms. The van der Waals surface area contributed by atoms with Crippen LogP contribution in [0.5, 0.6) is 0 Å². The van der Waals surface area contributed by atoms with Crippen molar-refractivity contribution in [1.29, 1.82) is 0 Å². The van der Waals surface area contributed by atoms with Crippen LogP contribution in [-0.4, -0.2) is 31.5 Å². The van der Waals surface area contributed by atoms with Gasteiger partial charge in [-0.3, -0.25) is 8.89 Å². The Morgan fingerprint density at radius 2 is 2.05 bits per heavy atom. The molecule has 0 atom stereocenters. The zero-order valence-corrected chi connectivity index (χ0v) is 13.2. The SMILES string of the molecule is Cn1cc(CNC2CCS(=O)CC2)c(C(C)(C)C)n1. The van der Waals surface area contributed by atoms with Crippen LogP contribution in [0.25, 0.3) is 0 Å². The van der Waals surface area contributed by atoms with Gasteiger partial charge < -0.3 is 5.32 Å². The minimum atomic E-state index is -0.580. The molecule has 0 aromatic carbocycles. The summed E-state index contributed by atoms with van der Waals surface area (Å²) < 4.78 is 13.2. The zero-order chi connectivity index (χ0) is 14.0. The first-order valence-corrected chi connectivity index (χ1v) is 8.46. The Morgan fingerprint density at radius 1 is 1.42 bits per heavy atom. The third kappa shape index (κ3) is 3.89. The number of nitrogens with zero attached hydrogens (tertiary/aromatic N) is 2. The molecule has 2 heterocycles. The van der Waals surface area contributed by atoms with Crippen molar-refractivity contribution in [3.05, 3.63) is 17.5 Å². The Balaban J connectivity index is 1.98. The normalized spacial score (nSPS) is 24.6. The molecule has 0 saturated carbocycles. The van der Waals surface area contributed by atoms with E-state index in [-0.39, 0.29) is 5.41 Å². The van der Waals surface area contributed by atoms with Crippen molar-refractivity contribution in [3.63, 3.8) is 0 Å². The van der Waals surface area contributed by atoms with Gasteiger partial charge in [-0.05, 0) is 12.8 Å². The zero-order valence-electron chi connectivity index (χ0n) is 12.4. The van der Waals surface area contributed by atoms with Crippen molar-refractivity contribution >= 4 is 10.8 Å². The Morgan fingerprint density at radius 3 is 2.63 bits per heavy atom. The highest BCUT2D eigenvalue weighted by atomic mass is 32.2. The first-order chi connectivity index (χ1) is 8.86. The van der Waals surface area contributed by atoms with E-state index in [1.165, 1.54) is 11.3 Å². The van der Waals surface area contributed by atoms with Crippen molar-refractivity contribution in [2.24, 2.45) is 7.05 Å². The molecule has 0 bridgehead atoms. The summed E-state index contributed by atoms with van der Waals surface area (Å²) in [5, 5.41) is 8.18. The van der Waals surface area contributed by atoms with Gasteiger partial charge in [0.25, 0.3) is 0 Å². The van der Waals surface area contributed by atoms with E-state index in [0.717, 1.165) is 30.9 Å². The topological polar surface area (TPSA) is 46.9 Å². The van der Waals surface area contributed by atoms with E-state index < -0.39 is 10.8 Å². The molecule has 1 N–H and O–H groups in total. The maximum atomic E-state index is 11.3. The van der Waals surface area contributed by atoms with Gasteiger partial charge in [0.1, 0.15) is 0 Å². The molecule has 4 nitrogen and oxygen atoms in total. The predicted molar refractivity (Wildman–Crippen MR) is 79.6 cm³/mol. The lowest BCUT2D eigenvalue weighted by atomic mass is 9.89. The fraction of sp³-hybridized carbons (Fsp3) is 0.786. The van der Waals surface area contributed by atoms with Crippen molar-refractivity contribution < 1.29 is 4.21 Å². The summed E-state index contributed by atoms with van der Waals surface area (Å²) in [6.45, 7) is 7.45. The highest BCUT2D eigenvalue weighted by molar-refractivity contribution is 7.85. The fourth-order valence-corrected chi connectivity index (χ4v) is 3.85. The number of nitrogens with one attached hydrogen (secondary N) is 1. The molecule has 0 spiro atoms. The molecule has 1 aliphatic rings. The molecule has 1 aromatic rings. The number of rotatable bonds is 3. The second-order valence-corrected chi connectivity index (χ2v) is 8.13. The Labute approximate surface area is 118 Å². The molecule has 0 amide bonds. The molecular weight excluding hydrogens is 258 g/mol. The number of hydrogen-bond donors (Lipinski definition) is 1. The monoisotopic (exact) mass is 283 g/mol. The van der Waals surface area contributed by atoms with Crippen LogP contribution in [0.1, 0.15) is 44.9 Å². The van der Waals surface area contributed by atoms with Gasteiger partial charge in [0, 0.05) is 59.1 Å². The van der Waals surface area contributed by atoms with E-state index >= 15 is 0 Å². The summed E-state index contributed by atoms with van der Waals surface area (Å²) >= 11 is 0. The van der Waals surface area contributed by atoms with Gasteiger partial charge in [-0.15, -0.1) is 0 Å². The fourth-order valence-electron chi connectivity index (χ4n) is 2.55. The third-order valence-corrected chi connectivity index (χ3v) is 4.97. The summed E-state index contributed by atoms with van der Waals surface area (Å²) in [4.78, 5) is 0. The Kier molecular flexibility index (Phi) is 4.46. The van der Waals surface area contributed by atoms with Crippen LogP contribution in [0.4, 0.5) is 0 Å². The molecule has 1 aliphatic heterocycles. The average molecular weight is 283 g/mol. The smallest absolute Gasteiger partial charge is 0.0722 e. The predicted octanol–water partition coefficient (Wildman–Crippen LogP) is 1.72. The molecule has 108 valence electrons. The van der Waals surface area contributed by atoms with E-state index in [2.05, 4.69) is 37.4 Å². The van der Waals surface area contributed by atoms with Crippen LogP contribution in [0.2, 0.25) is 0 Å². The molecule has 0 aliphatic carbocycles. The molecule has 1 fully saturated rings. The van der Waals surface area contributed by atoms with Crippen molar-refractivity contribution in [1.82, 2.24) is 15.1 Å². The molecule has 1 aromatic heterocycles. The quantitative estimate of drug-likeness (QED) is 0.919. The molecule has 0 unspecified atom stereocenters. The van der Waals surface area contributed by atoms with Gasteiger partial charge in [-0.25, -0.2) is 0 Å². The molecule has 2 rings (SSSR count). The molecule has 19 heavy (non-hydrogen) atoms. The molecule has 0 radical (unpaired) electrons. The standard InChI is InChI=1S/C14H25N3OS/c1-14(2,3)13-11(10-17(4)16-13)9-15-12-5-7-19(18)8-6-12/h10,12,15H,5-9H2,1-4H3. The van der Waals surface area contributed by atoms with Gasteiger partial charge in [-0.1, -0.05) is 20.8 Å². The average Bonchev–Trinajstić information content (AvgIpc) is 2.70. The van der Waals surface area contributed by atoms with Crippen LogP contribution >= 0.6 is 0 Å². The van der Waals surface area contributed by atoms with Crippen molar-refractivity contribution in [3.8, 4) is 0 Å². The Hall–Kier alpha value is -0.680. The van der Waals surface area contributed by atoms with Crippen LogP contribution in [0.15, 0.2) is 6.20 Å². The van der Waals surface area contributed by atoms with E-state index in [1.807, 2.05) is 11.7 Å². The summed E-state index contributed by atoms with van der Waals surface area (Å²) in [7, 11) is 1.39. The maximum Gasteiger partial charge on any atom is 0.0722 e. The van der Waals surface area contributed by atoms with Gasteiger partial charge >= 0.3 is 0 Å². The summed E-state index contributed by atoms with van der Waals surface area (Å²) in [6.07, 6.45) is 4.16. The van der Waals surface area contributed by atoms with Crippen LogP contribution in [-0.2, 0) is 29.8 Å². The van der Waals surface area contributed by atoms with Crippen LogP contribution < -0.4 is 5.32 Å². The number of aromatic nitrogens is 2. The van der Waals surface area contributed by atoms with Crippen molar-refractivity contribution in [2.45, 2.75) is 51.6 Å². The second kappa shape index (κ2) is 5.75. The van der Waals surface area contributed by atoms with Gasteiger partial charge in [0.15, 0.2) is 0 Å². The minimum Gasteiger partial charge on any atom is -0.310 e. The maximum absolute atomic E-state index is 11.3. The third-order valence-electron chi connectivity index (χ3n) is 3.58. The first kappa shape index (κ1) is 14.7. The van der Waals surface area contributed by atoms with Gasteiger partial charge in [-0.2, -0.15) is 5.10 Å². The first-order valence-electron chi connectivity index (χ1n) is 6.97. The van der Waals surface area contributed by atoms with E-state index in [9.17, 15) is 4.21 Å². The highest BCUT2D eigenvalue weighted by Crippen LogP contribution is 2.24.